The molecule has 3 atom stereocenters. The minimum absolute atomic E-state index is 0.638. The Bertz CT molecular complexity index is 325. The summed E-state index contributed by atoms with van der Waals surface area (Å²) >= 11 is 0. The van der Waals surface area contributed by atoms with E-state index in [0.29, 0.717) is 5.92 Å². The molecule has 0 aromatic carbocycles. The van der Waals surface area contributed by atoms with Crippen LogP contribution in [0.25, 0.3) is 0 Å². The topological polar surface area (TPSA) is 12.0 Å². The predicted octanol–water partition coefficient (Wildman–Crippen LogP) is 5.75. The summed E-state index contributed by atoms with van der Waals surface area (Å²) in [6.07, 6.45) is 11.8. The highest BCUT2D eigenvalue weighted by Crippen LogP contribution is 2.35. The van der Waals surface area contributed by atoms with Crippen molar-refractivity contribution < 1.29 is 0 Å². The number of hydrogen-bond acceptors (Lipinski definition) is 1. The summed E-state index contributed by atoms with van der Waals surface area (Å²) in [6, 6.07) is 0. The van der Waals surface area contributed by atoms with E-state index in [1.807, 2.05) is 0 Å². The molecule has 0 bridgehead atoms. The normalized spacial score (nSPS) is 30.5. The van der Waals surface area contributed by atoms with E-state index in [4.69, 9.17) is 0 Å². The second kappa shape index (κ2) is 8.54. The molecule has 0 aliphatic carbocycles. The number of rotatable bonds is 4. The molecule has 0 aromatic rings. The first-order valence-electron chi connectivity index (χ1n) is 8.55. The van der Waals surface area contributed by atoms with Crippen LogP contribution in [0.5, 0.6) is 0 Å². The van der Waals surface area contributed by atoms with Crippen molar-refractivity contribution in [3.63, 3.8) is 0 Å². The first kappa shape index (κ1) is 17.3. The lowest BCUT2D eigenvalue weighted by Gasteiger charge is -2.31. The average molecular weight is 277 g/mol. The molecule has 20 heavy (non-hydrogen) atoms. The Kier molecular flexibility index (Phi) is 7.40. The summed E-state index contributed by atoms with van der Waals surface area (Å²) in [6.45, 7) is 14.2. The lowest BCUT2D eigenvalue weighted by Crippen LogP contribution is -2.21. The van der Waals surface area contributed by atoms with Gasteiger partial charge in [0.1, 0.15) is 0 Å². The fourth-order valence-electron chi connectivity index (χ4n) is 3.10. The molecule has 0 spiro atoms. The molecule has 0 saturated heterocycles. The number of nitrogens with one attached hydrogen (secondary N) is 1. The van der Waals surface area contributed by atoms with Gasteiger partial charge in [0.2, 0.25) is 0 Å². The molecule has 3 unspecified atom stereocenters. The zero-order valence-corrected chi connectivity index (χ0v) is 14.4. The van der Waals surface area contributed by atoms with E-state index >= 15 is 0 Å². The Morgan fingerprint density at radius 3 is 2.40 bits per heavy atom. The maximum absolute atomic E-state index is 3.38. The molecule has 0 radical (unpaired) electrons. The summed E-state index contributed by atoms with van der Waals surface area (Å²) in [4.78, 5) is 0. The molecule has 1 rings (SSSR count). The summed E-state index contributed by atoms with van der Waals surface area (Å²) in [7, 11) is 0. The van der Waals surface area contributed by atoms with E-state index < -0.39 is 0 Å². The predicted molar refractivity (Wildman–Crippen MR) is 90.3 cm³/mol. The highest BCUT2D eigenvalue weighted by atomic mass is 14.8. The van der Waals surface area contributed by atoms with Gasteiger partial charge in [0.15, 0.2) is 0 Å². The first-order chi connectivity index (χ1) is 9.45. The minimum atomic E-state index is 0.638. The molecule has 0 amide bonds. The highest BCUT2D eigenvalue weighted by Gasteiger charge is 2.24. The van der Waals surface area contributed by atoms with Crippen LogP contribution in [0.3, 0.4) is 0 Å². The van der Waals surface area contributed by atoms with Crippen LogP contribution in [0.2, 0.25) is 0 Å². The van der Waals surface area contributed by atoms with Crippen molar-refractivity contribution in [2.75, 3.05) is 0 Å². The van der Waals surface area contributed by atoms with E-state index in [0.717, 1.165) is 23.7 Å². The minimum Gasteiger partial charge on any atom is -0.368 e. The third-order valence-corrected chi connectivity index (χ3v) is 5.16. The highest BCUT2D eigenvalue weighted by molar-refractivity contribution is 5.08. The van der Waals surface area contributed by atoms with Gasteiger partial charge < -0.3 is 5.32 Å². The van der Waals surface area contributed by atoms with Crippen LogP contribution in [0.15, 0.2) is 24.0 Å². The molecule has 116 valence electrons. The first-order valence-corrected chi connectivity index (χ1v) is 8.55. The van der Waals surface area contributed by atoms with Gasteiger partial charge in [-0.25, -0.2) is 0 Å². The van der Waals surface area contributed by atoms with Gasteiger partial charge in [0, 0.05) is 0 Å². The summed E-state index contributed by atoms with van der Waals surface area (Å²) in [5.74, 6) is 3.88. The van der Waals surface area contributed by atoms with Crippen molar-refractivity contribution in [2.24, 2.45) is 29.6 Å². The maximum atomic E-state index is 3.38. The second-order valence-electron chi connectivity index (χ2n) is 7.27. The fraction of sp³-hybridized carbons (Fsp3) is 0.789. The van der Waals surface area contributed by atoms with Gasteiger partial charge in [-0.1, -0.05) is 59.6 Å². The monoisotopic (exact) mass is 277 g/mol. The largest absolute Gasteiger partial charge is 0.368 e. The summed E-state index contributed by atoms with van der Waals surface area (Å²) in [5.41, 5.74) is 1.57. The molecule has 1 N–H and O–H groups in total. The quantitative estimate of drug-likeness (QED) is 0.690. The molecular formula is C19H35N. The third kappa shape index (κ3) is 5.34. The van der Waals surface area contributed by atoms with Crippen LogP contribution in [0, 0.1) is 29.6 Å². The van der Waals surface area contributed by atoms with Crippen LogP contribution in [0.4, 0.5) is 0 Å². The van der Waals surface area contributed by atoms with Crippen molar-refractivity contribution in [2.45, 2.75) is 67.2 Å². The van der Waals surface area contributed by atoms with Gasteiger partial charge in [-0.05, 0) is 61.3 Å². The average Bonchev–Trinajstić information content (AvgIpc) is 2.42. The van der Waals surface area contributed by atoms with Crippen molar-refractivity contribution >= 4 is 0 Å². The van der Waals surface area contributed by atoms with E-state index in [2.05, 4.69) is 65.3 Å². The van der Waals surface area contributed by atoms with Crippen LogP contribution in [0.1, 0.15) is 67.2 Å². The molecule has 1 aliphatic heterocycles. The molecule has 1 heteroatoms. The molecule has 0 fully saturated rings. The number of allylic oxidation sites excluding steroid dienone is 2. The van der Waals surface area contributed by atoms with Crippen molar-refractivity contribution in [3.05, 3.63) is 24.0 Å². The Hall–Kier alpha value is -0.720. The zero-order valence-electron chi connectivity index (χ0n) is 14.4. The smallest absolute Gasteiger partial charge is 0.000103 e. The zero-order chi connectivity index (χ0) is 15.1. The SMILES string of the molecule is CCC(C)C1C/C=C\N/C=C(/C(C)C)CC(C(C)C)C1. The molecule has 1 heterocycles. The van der Waals surface area contributed by atoms with Crippen molar-refractivity contribution in [1.29, 1.82) is 0 Å². The van der Waals surface area contributed by atoms with Gasteiger partial charge in [-0.2, -0.15) is 0 Å². The maximum Gasteiger partial charge on any atom is -0.000103 e. The Morgan fingerprint density at radius 2 is 1.85 bits per heavy atom. The van der Waals surface area contributed by atoms with E-state index in [1.165, 1.54) is 25.7 Å². The Morgan fingerprint density at radius 1 is 1.15 bits per heavy atom. The van der Waals surface area contributed by atoms with Gasteiger partial charge in [0.25, 0.3) is 0 Å². The lowest BCUT2D eigenvalue weighted by atomic mass is 9.75. The van der Waals surface area contributed by atoms with Crippen LogP contribution in [-0.2, 0) is 0 Å². The van der Waals surface area contributed by atoms with E-state index in [-0.39, 0.29) is 0 Å². The molecule has 1 aliphatic rings. The van der Waals surface area contributed by atoms with Crippen molar-refractivity contribution in [1.82, 2.24) is 5.32 Å². The summed E-state index contributed by atoms with van der Waals surface area (Å²) in [5, 5.41) is 3.38. The van der Waals surface area contributed by atoms with Gasteiger partial charge in [-0.15, -0.1) is 0 Å². The molecule has 0 aromatic heterocycles. The van der Waals surface area contributed by atoms with Gasteiger partial charge >= 0.3 is 0 Å². The van der Waals surface area contributed by atoms with Crippen LogP contribution < -0.4 is 5.32 Å². The summed E-state index contributed by atoms with van der Waals surface area (Å²) < 4.78 is 0. The molecular weight excluding hydrogens is 242 g/mol. The van der Waals surface area contributed by atoms with Gasteiger partial charge in [0.05, 0.1) is 0 Å². The van der Waals surface area contributed by atoms with E-state index in [1.54, 1.807) is 5.57 Å². The fourth-order valence-corrected chi connectivity index (χ4v) is 3.10. The molecule has 1 nitrogen and oxygen atoms in total. The van der Waals surface area contributed by atoms with Gasteiger partial charge in [-0.3, -0.25) is 0 Å². The number of hydrogen-bond donors (Lipinski definition) is 1. The molecule has 0 saturated carbocycles. The third-order valence-electron chi connectivity index (χ3n) is 5.16. The van der Waals surface area contributed by atoms with E-state index in [9.17, 15) is 0 Å². The van der Waals surface area contributed by atoms with Crippen LogP contribution in [-0.4, -0.2) is 0 Å². The Balaban J connectivity index is 2.90. The second-order valence-corrected chi connectivity index (χ2v) is 7.27. The van der Waals surface area contributed by atoms with Crippen LogP contribution >= 0.6 is 0 Å². The van der Waals surface area contributed by atoms with Crippen molar-refractivity contribution in [3.8, 4) is 0 Å². The Labute approximate surface area is 126 Å². The standard InChI is InChI=1S/C19H35N/c1-7-16(6)17-9-8-10-20-13-19(15(4)5)12-18(11-17)14(2)3/h8,10,13-18,20H,7,9,11-12H2,1-6H3/b10-8-,19-13+. The lowest BCUT2D eigenvalue weighted by molar-refractivity contribution is 0.233.